The van der Waals surface area contributed by atoms with Gasteiger partial charge in [0.1, 0.15) is 17.2 Å². The zero-order valence-corrected chi connectivity index (χ0v) is 17.8. The maximum atomic E-state index is 12.9. The molecule has 0 N–H and O–H groups in total. The molecule has 6 nitrogen and oxygen atoms in total. The number of methoxy groups -OCH3 is 2. The first kappa shape index (κ1) is 20.8. The van der Waals surface area contributed by atoms with Crippen molar-refractivity contribution >= 4 is 34.6 Å². The Hall–Kier alpha value is -2.93. The summed E-state index contributed by atoms with van der Waals surface area (Å²) < 4.78 is 16.1. The van der Waals surface area contributed by atoms with Crippen LogP contribution in [-0.2, 0) is 4.79 Å². The number of amidine groups is 1. The van der Waals surface area contributed by atoms with E-state index in [2.05, 4.69) is 4.99 Å². The van der Waals surface area contributed by atoms with E-state index in [9.17, 15) is 4.79 Å². The molecular formula is C22H24N2O4S. The summed E-state index contributed by atoms with van der Waals surface area (Å²) in [5.74, 6) is 2.07. The van der Waals surface area contributed by atoms with E-state index in [1.54, 1.807) is 25.2 Å². The molecule has 1 saturated heterocycles. The van der Waals surface area contributed by atoms with Crippen molar-refractivity contribution in [2.75, 3.05) is 27.4 Å². The van der Waals surface area contributed by atoms with Crippen LogP contribution in [0.4, 0.5) is 5.69 Å². The first-order chi connectivity index (χ1) is 14.1. The zero-order valence-electron chi connectivity index (χ0n) is 17.0. The minimum atomic E-state index is -0.0694. The van der Waals surface area contributed by atoms with Crippen LogP contribution < -0.4 is 14.2 Å². The molecule has 1 heterocycles. The fraction of sp³-hybridized carbons (Fsp3) is 0.273. The number of hydrogen-bond donors (Lipinski definition) is 0. The average Bonchev–Trinajstić information content (AvgIpc) is 3.03. The molecule has 0 atom stereocenters. The highest BCUT2D eigenvalue weighted by molar-refractivity contribution is 8.18. The molecule has 1 aliphatic rings. The lowest BCUT2D eigenvalue weighted by molar-refractivity contribution is -0.122. The Morgan fingerprint density at radius 2 is 1.76 bits per heavy atom. The summed E-state index contributed by atoms with van der Waals surface area (Å²) in [6, 6.07) is 13.0. The number of carbonyl (C=O) groups excluding carboxylic acids is 1. The summed E-state index contributed by atoms with van der Waals surface area (Å²) in [4.78, 5) is 19.8. The van der Waals surface area contributed by atoms with Crippen LogP contribution >= 0.6 is 11.8 Å². The molecule has 0 spiro atoms. The number of ether oxygens (including phenoxy) is 3. The number of aliphatic imine (C=N–C) groups is 1. The van der Waals surface area contributed by atoms with Gasteiger partial charge in [-0.1, -0.05) is 0 Å². The van der Waals surface area contributed by atoms with E-state index in [0.29, 0.717) is 34.7 Å². The monoisotopic (exact) mass is 412 g/mol. The molecule has 2 aromatic rings. The maximum Gasteiger partial charge on any atom is 0.266 e. The Morgan fingerprint density at radius 3 is 2.38 bits per heavy atom. The second-order valence-electron chi connectivity index (χ2n) is 6.09. The lowest BCUT2D eigenvalue weighted by atomic mass is 10.1. The molecule has 3 rings (SSSR count). The first-order valence-electron chi connectivity index (χ1n) is 9.34. The molecule has 0 radical (unpaired) electrons. The van der Waals surface area contributed by atoms with Crippen molar-refractivity contribution in [3.05, 3.63) is 52.9 Å². The Kier molecular flexibility index (Phi) is 6.82. The molecule has 29 heavy (non-hydrogen) atoms. The minimum Gasteiger partial charge on any atom is -0.497 e. The molecule has 1 amide bonds. The fourth-order valence-electron chi connectivity index (χ4n) is 2.84. The van der Waals surface area contributed by atoms with Crippen molar-refractivity contribution in [2.45, 2.75) is 13.8 Å². The number of amides is 1. The number of nitrogens with zero attached hydrogens (tertiary/aromatic N) is 2. The second kappa shape index (κ2) is 9.52. The summed E-state index contributed by atoms with van der Waals surface area (Å²) in [7, 11) is 3.20. The van der Waals surface area contributed by atoms with E-state index in [4.69, 9.17) is 14.2 Å². The van der Waals surface area contributed by atoms with Gasteiger partial charge in [-0.25, -0.2) is 4.99 Å². The van der Waals surface area contributed by atoms with E-state index >= 15 is 0 Å². The molecule has 2 aromatic carbocycles. The summed E-state index contributed by atoms with van der Waals surface area (Å²) in [5, 5.41) is 0.653. The summed E-state index contributed by atoms with van der Waals surface area (Å²) in [6.45, 7) is 5.03. The lowest BCUT2D eigenvalue weighted by Crippen LogP contribution is -2.28. The van der Waals surface area contributed by atoms with E-state index in [0.717, 1.165) is 17.0 Å². The SMILES string of the molecule is CCOc1ccc(N=C2S/C(=C/c3ccc(OC)cc3OC)C(=O)N2CC)cc1. The molecule has 0 unspecified atom stereocenters. The summed E-state index contributed by atoms with van der Waals surface area (Å²) >= 11 is 1.35. The standard InChI is InChI=1S/C22H24N2O4S/c1-5-24-21(25)20(13-15-7-10-18(26-3)14-19(15)27-4)29-22(24)23-16-8-11-17(12-9-16)28-6-2/h7-14H,5-6H2,1-4H3/b20-13+,23-22?. The van der Waals surface area contributed by atoms with Crippen LogP contribution in [0.15, 0.2) is 52.4 Å². The van der Waals surface area contributed by atoms with Gasteiger partial charge in [0.25, 0.3) is 5.91 Å². The zero-order chi connectivity index (χ0) is 20.8. The van der Waals surface area contributed by atoms with Gasteiger partial charge in [-0.2, -0.15) is 0 Å². The average molecular weight is 413 g/mol. The van der Waals surface area contributed by atoms with Gasteiger partial charge >= 0.3 is 0 Å². The predicted octanol–water partition coefficient (Wildman–Crippen LogP) is 4.73. The van der Waals surface area contributed by atoms with Gasteiger partial charge < -0.3 is 14.2 Å². The number of hydrogen-bond acceptors (Lipinski definition) is 6. The van der Waals surface area contributed by atoms with Gasteiger partial charge in [0.05, 0.1) is 31.4 Å². The van der Waals surface area contributed by atoms with Crippen LogP contribution in [-0.4, -0.2) is 43.3 Å². The number of carbonyl (C=O) groups is 1. The molecular weight excluding hydrogens is 388 g/mol. The Morgan fingerprint density at radius 1 is 1.03 bits per heavy atom. The van der Waals surface area contributed by atoms with Crippen molar-refractivity contribution in [1.82, 2.24) is 4.90 Å². The van der Waals surface area contributed by atoms with Gasteiger partial charge in [-0.3, -0.25) is 9.69 Å². The smallest absolute Gasteiger partial charge is 0.266 e. The number of benzene rings is 2. The molecule has 1 aliphatic heterocycles. The molecule has 152 valence electrons. The fourth-order valence-corrected chi connectivity index (χ4v) is 3.90. The highest BCUT2D eigenvalue weighted by atomic mass is 32.2. The van der Waals surface area contributed by atoms with E-state index in [-0.39, 0.29) is 5.91 Å². The minimum absolute atomic E-state index is 0.0694. The van der Waals surface area contributed by atoms with E-state index < -0.39 is 0 Å². The van der Waals surface area contributed by atoms with Crippen molar-refractivity contribution in [2.24, 2.45) is 4.99 Å². The number of likely N-dealkylation sites (N-methyl/N-ethyl adjacent to an activating group) is 1. The third-order valence-corrected chi connectivity index (χ3v) is 5.31. The van der Waals surface area contributed by atoms with Gasteiger partial charge in [0, 0.05) is 18.2 Å². The van der Waals surface area contributed by atoms with Crippen LogP contribution in [0, 0.1) is 0 Å². The molecule has 0 saturated carbocycles. The van der Waals surface area contributed by atoms with E-state index in [1.807, 2.05) is 56.3 Å². The highest BCUT2D eigenvalue weighted by Gasteiger charge is 2.32. The molecule has 7 heteroatoms. The van der Waals surface area contributed by atoms with Crippen LogP contribution in [0.5, 0.6) is 17.2 Å². The topological polar surface area (TPSA) is 60.4 Å². The van der Waals surface area contributed by atoms with Crippen molar-refractivity contribution < 1.29 is 19.0 Å². The van der Waals surface area contributed by atoms with Crippen molar-refractivity contribution in [3.63, 3.8) is 0 Å². The van der Waals surface area contributed by atoms with Gasteiger partial charge in [0.15, 0.2) is 5.17 Å². The third kappa shape index (κ3) is 4.74. The van der Waals surface area contributed by atoms with Crippen LogP contribution in [0.25, 0.3) is 6.08 Å². The van der Waals surface area contributed by atoms with Crippen LogP contribution in [0.1, 0.15) is 19.4 Å². The first-order valence-corrected chi connectivity index (χ1v) is 10.2. The maximum absolute atomic E-state index is 12.9. The van der Waals surface area contributed by atoms with Gasteiger partial charge in [0.2, 0.25) is 0 Å². The Balaban J connectivity index is 1.89. The van der Waals surface area contributed by atoms with Crippen LogP contribution in [0.2, 0.25) is 0 Å². The van der Waals surface area contributed by atoms with E-state index in [1.165, 1.54) is 11.8 Å². The summed E-state index contributed by atoms with van der Waals surface area (Å²) in [6.07, 6.45) is 1.83. The normalized spacial score (nSPS) is 16.6. The predicted molar refractivity (Wildman–Crippen MR) is 117 cm³/mol. The largest absolute Gasteiger partial charge is 0.497 e. The quantitative estimate of drug-likeness (QED) is 0.616. The number of thioether (sulfide) groups is 1. The molecule has 0 aromatic heterocycles. The molecule has 1 fully saturated rings. The van der Waals surface area contributed by atoms with Crippen molar-refractivity contribution in [3.8, 4) is 17.2 Å². The summed E-state index contributed by atoms with van der Waals surface area (Å²) in [5.41, 5.74) is 1.58. The lowest BCUT2D eigenvalue weighted by Gasteiger charge is -2.12. The highest BCUT2D eigenvalue weighted by Crippen LogP contribution is 2.36. The third-order valence-electron chi connectivity index (χ3n) is 4.30. The Bertz CT molecular complexity index is 938. The van der Waals surface area contributed by atoms with Gasteiger partial charge in [-0.15, -0.1) is 0 Å². The molecule has 0 bridgehead atoms. The Labute approximate surface area is 175 Å². The molecule has 0 aliphatic carbocycles. The van der Waals surface area contributed by atoms with Crippen LogP contribution in [0.3, 0.4) is 0 Å². The second-order valence-corrected chi connectivity index (χ2v) is 7.10. The number of rotatable bonds is 7. The van der Waals surface area contributed by atoms with Crippen molar-refractivity contribution in [1.29, 1.82) is 0 Å². The van der Waals surface area contributed by atoms with Gasteiger partial charge in [-0.05, 0) is 68.1 Å².